The van der Waals surface area contributed by atoms with E-state index in [1.807, 2.05) is 13.0 Å². The Morgan fingerprint density at radius 1 is 1.27 bits per heavy atom. The number of aromatic amines is 1. The second kappa shape index (κ2) is 9.89. The van der Waals surface area contributed by atoms with Crippen LogP contribution in [0.3, 0.4) is 0 Å². The van der Waals surface area contributed by atoms with Crippen LogP contribution in [0.5, 0.6) is 0 Å². The van der Waals surface area contributed by atoms with Crippen LogP contribution in [-0.4, -0.2) is 49.6 Å². The van der Waals surface area contributed by atoms with Gasteiger partial charge in [0.15, 0.2) is 9.84 Å². The van der Waals surface area contributed by atoms with Crippen molar-refractivity contribution in [2.75, 3.05) is 25.4 Å². The van der Waals surface area contributed by atoms with E-state index in [2.05, 4.69) is 4.98 Å². The number of likely N-dealkylation sites (tertiary alicyclic amines) is 1. The molecular formula is C20H27ClF2N2O3S2. The van der Waals surface area contributed by atoms with Crippen molar-refractivity contribution < 1.29 is 17.2 Å². The van der Waals surface area contributed by atoms with Crippen LogP contribution in [0.1, 0.15) is 37.4 Å². The molecule has 30 heavy (non-hydrogen) atoms. The van der Waals surface area contributed by atoms with Crippen LogP contribution in [0, 0.1) is 6.92 Å². The fourth-order valence-electron chi connectivity index (χ4n) is 3.54. The molecule has 0 radical (unpaired) electrons. The summed E-state index contributed by atoms with van der Waals surface area (Å²) in [5, 5.41) is 0. The highest BCUT2D eigenvalue weighted by Gasteiger charge is 2.37. The molecule has 1 saturated heterocycles. The largest absolute Gasteiger partial charge is 0.326 e. The van der Waals surface area contributed by atoms with Crippen molar-refractivity contribution in [2.45, 2.75) is 49.7 Å². The minimum Gasteiger partial charge on any atom is -0.326 e. The number of hydrogen-bond donors (Lipinski definition) is 1. The van der Waals surface area contributed by atoms with Gasteiger partial charge >= 0.3 is 0 Å². The number of unbranched alkanes of at least 4 members (excludes halogenated alkanes) is 1. The summed E-state index contributed by atoms with van der Waals surface area (Å²) < 4.78 is 52.0. The molecule has 5 nitrogen and oxygen atoms in total. The predicted octanol–water partition coefficient (Wildman–Crippen LogP) is 4.29. The number of halogens is 3. The summed E-state index contributed by atoms with van der Waals surface area (Å²) in [5.41, 5.74) is 2.09. The average molecular weight is 481 g/mol. The zero-order chi connectivity index (χ0) is 21.2. The Balaban J connectivity index is 0.00000320. The summed E-state index contributed by atoms with van der Waals surface area (Å²) in [6.45, 7) is 4.33. The van der Waals surface area contributed by atoms with E-state index in [1.54, 1.807) is 24.0 Å². The lowest BCUT2D eigenvalue weighted by atomic mass is 10.1. The molecule has 0 aromatic carbocycles. The maximum absolute atomic E-state index is 13.2. The molecule has 2 aromatic rings. The highest BCUT2D eigenvalue weighted by atomic mass is 35.5. The van der Waals surface area contributed by atoms with Crippen LogP contribution >= 0.6 is 23.7 Å². The van der Waals surface area contributed by atoms with Gasteiger partial charge in [-0.15, -0.1) is 23.7 Å². The minimum atomic E-state index is -3.42. The Morgan fingerprint density at radius 2 is 2.00 bits per heavy atom. The fourth-order valence-corrected chi connectivity index (χ4v) is 6.44. The third kappa shape index (κ3) is 5.90. The Bertz CT molecular complexity index is 1030. The molecule has 1 aliphatic rings. The van der Waals surface area contributed by atoms with Crippen molar-refractivity contribution >= 4 is 33.6 Å². The molecule has 0 amide bonds. The summed E-state index contributed by atoms with van der Waals surface area (Å²) >= 11 is 1.20. The molecule has 0 bridgehead atoms. The molecule has 3 heterocycles. The van der Waals surface area contributed by atoms with Crippen molar-refractivity contribution in [3.05, 3.63) is 39.8 Å². The number of sulfone groups is 1. The van der Waals surface area contributed by atoms with Gasteiger partial charge in [0.25, 0.3) is 11.5 Å². The van der Waals surface area contributed by atoms with Crippen LogP contribution < -0.4 is 5.56 Å². The van der Waals surface area contributed by atoms with Crippen molar-refractivity contribution in [3.8, 4) is 10.4 Å². The van der Waals surface area contributed by atoms with Crippen molar-refractivity contribution in [3.63, 3.8) is 0 Å². The zero-order valence-electron chi connectivity index (χ0n) is 17.0. The number of alkyl halides is 2. The highest BCUT2D eigenvalue weighted by Crippen LogP contribution is 2.33. The summed E-state index contributed by atoms with van der Waals surface area (Å²) in [5.74, 6) is -2.61. The number of rotatable bonds is 8. The average Bonchev–Trinajstić information content (AvgIpc) is 3.26. The number of H-pyrrole nitrogens is 1. The number of pyridine rings is 1. The second-order valence-corrected chi connectivity index (χ2v) is 11.0. The Hall–Kier alpha value is -1.29. The summed E-state index contributed by atoms with van der Waals surface area (Å²) in [6, 6.07) is 5.19. The number of hydrogen-bond acceptors (Lipinski definition) is 5. The molecule has 0 aliphatic carbocycles. The van der Waals surface area contributed by atoms with Gasteiger partial charge in [0, 0.05) is 34.7 Å². The minimum absolute atomic E-state index is 0. The molecule has 1 N–H and O–H groups in total. The first kappa shape index (κ1) is 25.0. The SMILES string of the molecule is CCc1cc(-c2ccc(S(=O)(=O)CCCCN3CCC(F)(F)C3)s2)c(C)[nH]c1=O.Cl. The van der Waals surface area contributed by atoms with Crippen molar-refractivity contribution in [1.29, 1.82) is 0 Å². The van der Waals surface area contributed by atoms with Crippen LogP contribution in [-0.2, 0) is 16.3 Å². The van der Waals surface area contributed by atoms with E-state index in [0.717, 1.165) is 10.4 Å². The third-order valence-electron chi connectivity index (χ3n) is 5.24. The Morgan fingerprint density at radius 3 is 2.63 bits per heavy atom. The predicted molar refractivity (Wildman–Crippen MR) is 119 cm³/mol. The van der Waals surface area contributed by atoms with Crippen LogP contribution in [0.15, 0.2) is 27.2 Å². The van der Waals surface area contributed by atoms with E-state index >= 15 is 0 Å². The van der Waals surface area contributed by atoms with Crippen LogP contribution in [0.2, 0.25) is 0 Å². The van der Waals surface area contributed by atoms with E-state index in [1.165, 1.54) is 11.3 Å². The number of thiophene rings is 1. The normalized spacial score (nSPS) is 16.5. The lowest BCUT2D eigenvalue weighted by Crippen LogP contribution is -2.26. The number of nitrogens with one attached hydrogen (secondary N) is 1. The monoisotopic (exact) mass is 480 g/mol. The van der Waals surface area contributed by atoms with E-state index in [9.17, 15) is 22.0 Å². The van der Waals surface area contributed by atoms with E-state index in [-0.39, 0.29) is 36.7 Å². The zero-order valence-corrected chi connectivity index (χ0v) is 19.5. The Kier molecular flexibility index (Phi) is 8.23. The fraction of sp³-hybridized carbons (Fsp3) is 0.550. The standard InChI is InChI=1S/C20H26F2N2O3S2.ClH/c1-3-15-12-16(14(2)23-19(15)25)17-6-7-18(28-17)29(26,27)11-5-4-9-24-10-8-20(21,22)13-24;/h6-7,12H,3-5,8-11,13H2,1-2H3,(H,23,25);1H. The van der Waals surface area contributed by atoms with Gasteiger partial charge in [-0.2, -0.15) is 0 Å². The van der Waals surface area contributed by atoms with Crippen molar-refractivity contribution in [2.24, 2.45) is 0 Å². The summed E-state index contributed by atoms with van der Waals surface area (Å²) in [4.78, 5) is 17.2. The third-order valence-corrected chi connectivity index (χ3v) is 8.74. The summed E-state index contributed by atoms with van der Waals surface area (Å²) in [7, 11) is -3.42. The van der Waals surface area contributed by atoms with E-state index in [0.29, 0.717) is 47.8 Å². The molecule has 0 spiro atoms. The maximum atomic E-state index is 13.2. The molecule has 168 valence electrons. The van der Waals surface area contributed by atoms with Gasteiger partial charge in [-0.1, -0.05) is 6.92 Å². The Labute approximate surface area is 185 Å². The molecule has 10 heteroatoms. The van der Waals surface area contributed by atoms with Gasteiger partial charge in [-0.05, 0) is 50.9 Å². The number of aryl methyl sites for hydroxylation is 2. The second-order valence-electron chi connectivity index (χ2n) is 7.54. The molecular weight excluding hydrogens is 454 g/mol. The van der Waals surface area contributed by atoms with Gasteiger partial charge in [0.1, 0.15) is 4.21 Å². The molecule has 0 saturated carbocycles. The molecule has 0 atom stereocenters. The smallest absolute Gasteiger partial charge is 0.261 e. The first-order valence-electron chi connectivity index (χ1n) is 9.77. The van der Waals surface area contributed by atoms with Gasteiger partial charge in [-0.25, -0.2) is 17.2 Å². The molecule has 1 fully saturated rings. The lowest BCUT2D eigenvalue weighted by Gasteiger charge is -2.14. The van der Waals surface area contributed by atoms with Gasteiger partial charge in [0.2, 0.25) is 0 Å². The van der Waals surface area contributed by atoms with Gasteiger partial charge in [-0.3, -0.25) is 9.69 Å². The lowest BCUT2D eigenvalue weighted by molar-refractivity contribution is 0.0121. The summed E-state index contributed by atoms with van der Waals surface area (Å²) in [6.07, 6.45) is 1.50. The maximum Gasteiger partial charge on any atom is 0.261 e. The molecule has 2 aromatic heterocycles. The quantitative estimate of drug-likeness (QED) is 0.572. The molecule has 3 rings (SSSR count). The van der Waals surface area contributed by atoms with E-state index in [4.69, 9.17) is 0 Å². The molecule has 1 aliphatic heterocycles. The first-order chi connectivity index (χ1) is 13.6. The van der Waals surface area contributed by atoms with E-state index < -0.39 is 15.8 Å². The molecule has 0 unspecified atom stereocenters. The first-order valence-corrected chi connectivity index (χ1v) is 12.2. The van der Waals surface area contributed by atoms with Crippen LogP contribution in [0.25, 0.3) is 10.4 Å². The number of aromatic nitrogens is 1. The van der Waals surface area contributed by atoms with Crippen LogP contribution in [0.4, 0.5) is 8.78 Å². The van der Waals surface area contributed by atoms with Crippen molar-refractivity contribution in [1.82, 2.24) is 9.88 Å². The topological polar surface area (TPSA) is 70.2 Å². The van der Waals surface area contributed by atoms with Gasteiger partial charge in [0.05, 0.1) is 12.3 Å². The highest BCUT2D eigenvalue weighted by molar-refractivity contribution is 7.93. The van der Waals surface area contributed by atoms with Gasteiger partial charge < -0.3 is 4.98 Å². The number of nitrogens with zero attached hydrogens (tertiary/aromatic N) is 1.